The van der Waals surface area contributed by atoms with Gasteiger partial charge in [0.2, 0.25) is 0 Å². The maximum absolute atomic E-state index is 11.9. The van der Waals surface area contributed by atoms with Crippen molar-refractivity contribution in [3.8, 4) is 0 Å². The predicted octanol–water partition coefficient (Wildman–Crippen LogP) is 5.00. The van der Waals surface area contributed by atoms with Crippen molar-refractivity contribution < 1.29 is 4.79 Å². The van der Waals surface area contributed by atoms with Gasteiger partial charge in [-0.15, -0.1) is 0 Å². The second-order valence-electron chi connectivity index (χ2n) is 3.76. The van der Waals surface area contributed by atoms with E-state index in [-0.39, 0.29) is 5.78 Å². The van der Waals surface area contributed by atoms with Crippen LogP contribution in [0.3, 0.4) is 0 Å². The predicted molar refractivity (Wildman–Crippen MR) is 79.0 cm³/mol. The number of allylic oxidation sites excluding steroid dienone is 1. The van der Waals surface area contributed by atoms with E-state index < -0.39 is 0 Å². The summed E-state index contributed by atoms with van der Waals surface area (Å²) >= 11 is 9.21. The molecule has 2 aromatic carbocycles. The van der Waals surface area contributed by atoms with Crippen LogP contribution in [0.4, 0.5) is 0 Å². The van der Waals surface area contributed by atoms with Crippen LogP contribution in [-0.4, -0.2) is 5.78 Å². The molecule has 0 radical (unpaired) electrons. The molecule has 0 bridgehead atoms. The van der Waals surface area contributed by atoms with Crippen LogP contribution in [0.5, 0.6) is 0 Å². The summed E-state index contributed by atoms with van der Waals surface area (Å²) in [6, 6.07) is 14.7. The Bertz CT molecular complexity index is 588. The number of ketones is 1. The van der Waals surface area contributed by atoms with E-state index in [4.69, 9.17) is 11.6 Å². The van der Waals surface area contributed by atoms with Crippen LogP contribution in [-0.2, 0) is 0 Å². The van der Waals surface area contributed by atoms with Gasteiger partial charge in [-0.3, -0.25) is 4.79 Å². The molecular formula is C15H10BrClO. The van der Waals surface area contributed by atoms with Gasteiger partial charge in [-0.25, -0.2) is 0 Å². The van der Waals surface area contributed by atoms with Crippen molar-refractivity contribution in [2.24, 2.45) is 0 Å². The zero-order valence-corrected chi connectivity index (χ0v) is 11.8. The third kappa shape index (κ3) is 3.56. The SMILES string of the molecule is O=C(/C=C/c1ccc(Br)cc1)c1cccc(Cl)c1. The summed E-state index contributed by atoms with van der Waals surface area (Å²) in [7, 11) is 0. The molecule has 0 aliphatic carbocycles. The zero-order chi connectivity index (χ0) is 13.0. The maximum Gasteiger partial charge on any atom is 0.185 e. The molecule has 1 nitrogen and oxygen atoms in total. The first kappa shape index (κ1) is 13.1. The molecule has 0 fully saturated rings. The lowest BCUT2D eigenvalue weighted by Gasteiger charge is -1.97. The lowest BCUT2D eigenvalue weighted by Crippen LogP contribution is -1.93. The highest BCUT2D eigenvalue weighted by Gasteiger charge is 2.01. The number of benzene rings is 2. The van der Waals surface area contributed by atoms with E-state index in [0.29, 0.717) is 10.6 Å². The van der Waals surface area contributed by atoms with Gasteiger partial charge in [0.1, 0.15) is 0 Å². The Morgan fingerprint density at radius 1 is 1.11 bits per heavy atom. The molecular weight excluding hydrogens is 312 g/mol. The molecule has 0 saturated heterocycles. The molecule has 18 heavy (non-hydrogen) atoms. The molecule has 2 rings (SSSR count). The van der Waals surface area contributed by atoms with Crippen LogP contribution in [0.2, 0.25) is 5.02 Å². The minimum atomic E-state index is -0.0552. The van der Waals surface area contributed by atoms with Crippen molar-refractivity contribution in [3.05, 3.63) is 75.2 Å². The highest BCUT2D eigenvalue weighted by molar-refractivity contribution is 9.10. The van der Waals surface area contributed by atoms with Crippen molar-refractivity contribution in [2.45, 2.75) is 0 Å². The molecule has 0 atom stereocenters. The van der Waals surface area contributed by atoms with E-state index >= 15 is 0 Å². The number of hydrogen-bond acceptors (Lipinski definition) is 1. The Balaban J connectivity index is 2.14. The van der Waals surface area contributed by atoms with Gasteiger partial charge >= 0.3 is 0 Å². The average molecular weight is 322 g/mol. The molecule has 0 saturated carbocycles. The van der Waals surface area contributed by atoms with Crippen LogP contribution in [0.25, 0.3) is 6.08 Å². The van der Waals surface area contributed by atoms with Crippen LogP contribution >= 0.6 is 27.5 Å². The summed E-state index contributed by atoms with van der Waals surface area (Å²) in [5.74, 6) is -0.0552. The molecule has 0 unspecified atom stereocenters. The first-order valence-electron chi connectivity index (χ1n) is 5.39. The molecule has 0 N–H and O–H groups in total. The molecule has 0 aromatic heterocycles. The van der Waals surface area contributed by atoms with Crippen molar-refractivity contribution in [2.75, 3.05) is 0 Å². The second-order valence-corrected chi connectivity index (χ2v) is 5.11. The molecule has 0 aliphatic rings. The van der Waals surface area contributed by atoms with Crippen molar-refractivity contribution in [1.29, 1.82) is 0 Å². The van der Waals surface area contributed by atoms with E-state index in [1.54, 1.807) is 36.4 Å². The first-order chi connectivity index (χ1) is 8.65. The minimum Gasteiger partial charge on any atom is -0.289 e. The first-order valence-corrected chi connectivity index (χ1v) is 6.56. The van der Waals surface area contributed by atoms with Crippen LogP contribution < -0.4 is 0 Å². The van der Waals surface area contributed by atoms with Gasteiger partial charge in [-0.1, -0.05) is 57.9 Å². The van der Waals surface area contributed by atoms with E-state index in [1.807, 2.05) is 24.3 Å². The zero-order valence-electron chi connectivity index (χ0n) is 9.44. The third-order valence-corrected chi connectivity index (χ3v) is 3.17. The second kappa shape index (κ2) is 5.98. The fourth-order valence-electron chi connectivity index (χ4n) is 1.48. The van der Waals surface area contributed by atoms with Gasteiger partial charge in [0.15, 0.2) is 5.78 Å². The fourth-order valence-corrected chi connectivity index (χ4v) is 1.94. The van der Waals surface area contributed by atoms with Crippen molar-refractivity contribution in [1.82, 2.24) is 0 Å². The highest BCUT2D eigenvalue weighted by atomic mass is 79.9. The molecule has 90 valence electrons. The van der Waals surface area contributed by atoms with E-state index in [9.17, 15) is 4.79 Å². The standard InChI is InChI=1S/C15H10BrClO/c16-13-7-4-11(5-8-13)6-9-15(18)12-2-1-3-14(17)10-12/h1-10H/b9-6+. The van der Waals surface area contributed by atoms with Gasteiger partial charge in [-0.05, 0) is 35.9 Å². The lowest BCUT2D eigenvalue weighted by atomic mass is 10.1. The monoisotopic (exact) mass is 320 g/mol. The van der Waals surface area contributed by atoms with E-state index in [0.717, 1.165) is 10.0 Å². The Labute approximate surface area is 119 Å². The van der Waals surface area contributed by atoms with Crippen LogP contribution in [0, 0.1) is 0 Å². The van der Waals surface area contributed by atoms with Gasteiger partial charge in [-0.2, -0.15) is 0 Å². The van der Waals surface area contributed by atoms with Gasteiger partial charge < -0.3 is 0 Å². The minimum absolute atomic E-state index is 0.0552. The van der Waals surface area contributed by atoms with Crippen LogP contribution in [0.1, 0.15) is 15.9 Å². The van der Waals surface area contributed by atoms with Crippen LogP contribution in [0.15, 0.2) is 59.1 Å². The Morgan fingerprint density at radius 3 is 2.50 bits per heavy atom. The quantitative estimate of drug-likeness (QED) is 0.574. The largest absolute Gasteiger partial charge is 0.289 e. The summed E-state index contributed by atoms with van der Waals surface area (Å²) in [6.07, 6.45) is 3.34. The van der Waals surface area contributed by atoms with Gasteiger partial charge in [0.25, 0.3) is 0 Å². The maximum atomic E-state index is 11.9. The van der Waals surface area contributed by atoms with E-state index in [2.05, 4.69) is 15.9 Å². The summed E-state index contributed by atoms with van der Waals surface area (Å²) < 4.78 is 1.01. The molecule has 0 spiro atoms. The summed E-state index contributed by atoms with van der Waals surface area (Å²) in [6.45, 7) is 0. The summed E-state index contributed by atoms with van der Waals surface area (Å²) in [5.41, 5.74) is 1.57. The smallest absolute Gasteiger partial charge is 0.185 e. The number of carbonyl (C=O) groups excluding carboxylic acids is 1. The summed E-state index contributed by atoms with van der Waals surface area (Å²) in [4.78, 5) is 11.9. The highest BCUT2D eigenvalue weighted by Crippen LogP contribution is 2.14. The molecule has 0 aliphatic heterocycles. The Morgan fingerprint density at radius 2 is 1.83 bits per heavy atom. The Hall–Kier alpha value is -1.38. The molecule has 2 aromatic rings. The lowest BCUT2D eigenvalue weighted by molar-refractivity contribution is 0.104. The number of halogens is 2. The van der Waals surface area contributed by atoms with Crippen molar-refractivity contribution >= 4 is 39.4 Å². The number of carbonyl (C=O) groups is 1. The third-order valence-electron chi connectivity index (χ3n) is 2.41. The topological polar surface area (TPSA) is 17.1 Å². The number of hydrogen-bond donors (Lipinski definition) is 0. The Kier molecular flexibility index (Phi) is 4.34. The van der Waals surface area contributed by atoms with Crippen molar-refractivity contribution in [3.63, 3.8) is 0 Å². The molecule has 0 heterocycles. The fraction of sp³-hybridized carbons (Fsp3) is 0. The summed E-state index contributed by atoms with van der Waals surface area (Å²) in [5, 5.41) is 0.567. The molecule has 3 heteroatoms. The normalized spacial score (nSPS) is 10.8. The van der Waals surface area contributed by atoms with E-state index in [1.165, 1.54) is 0 Å². The number of rotatable bonds is 3. The van der Waals surface area contributed by atoms with Gasteiger partial charge in [0.05, 0.1) is 0 Å². The molecule has 0 amide bonds. The van der Waals surface area contributed by atoms with Gasteiger partial charge in [0, 0.05) is 15.1 Å². The average Bonchev–Trinajstić information content (AvgIpc) is 2.38.